The van der Waals surface area contributed by atoms with Crippen LogP contribution in [0.2, 0.25) is 5.02 Å². The number of nitrogens with zero attached hydrogens (tertiary/aromatic N) is 3. The van der Waals surface area contributed by atoms with Crippen LogP contribution in [0.1, 0.15) is 17.8 Å². The molecule has 1 aromatic heterocycles. The number of fused-ring (bicyclic) bond motifs is 2. The molecule has 2 aliphatic rings. The molecule has 0 atom stereocenters. The number of hydrogen-bond donors (Lipinski definition) is 0. The molecule has 5 rings (SSSR count). The second-order valence-electron chi connectivity index (χ2n) is 7.16. The van der Waals surface area contributed by atoms with E-state index in [9.17, 15) is 4.79 Å². The lowest BCUT2D eigenvalue weighted by Crippen LogP contribution is -2.36. The number of allylic oxidation sites excluding steroid dienone is 1. The summed E-state index contributed by atoms with van der Waals surface area (Å²) in [6.07, 6.45) is 2.93. The zero-order chi connectivity index (χ0) is 19.1. The number of aromatic nitrogens is 2. The van der Waals surface area contributed by atoms with Crippen LogP contribution in [0.3, 0.4) is 0 Å². The zero-order valence-corrected chi connectivity index (χ0v) is 16.2. The van der Waals surface area contributed by atoms with Gasteiger partial charge in [0.1, 0.15) is 5.82 Å². The third kappa shape index (κ3) is 3.11. The topological polar surface area (TPSA) is 47.4 Å². The lowest BCUT2D eigenvalue weighted by molar-refractivity contribution is 0.122. The quantitative estimate of drug-likeness (QED) is 0.663. The fourth-order valence-electron chi connectivity index (χ4n) is 3.93. The lowest BCUT2D eigenvalue weighted by atomic mass is 10.1. The Labute approximate surface area is 167 Å². The van der Waals surface area contributed by atoms with Gasteiger partial charge in [-0.05, 0) is 54.0 Å². The molecule has 3 heterocycles. The van der Waals surface area contributed by atoms with Gasteiger partial charge < -0.3 is 9.64 Å². The molecule has 0 radical (unpaired) electrons. The number of hydrogen-bond acceptors (Lipinski definition) is 4. The molecular weight excluding hydrogens is 374 g/mol. The van der Waals surface area contributed by atoms with Crippen LogP contribution in [0.4, 0.5) is 5.69 Å². The number of anilines is 1. The standard InChI is InChI=1S/C22H20ClN3O2/c23-17-3-6-19-20(14-17)24-21-16(7-8-26(21)22(19)27)13-15-1-4-18(5-2-15)25-9-11-28-12-10-25/h1-6,13-14H,7-12H2/b16-13-. The number of ether oxygens (including phenoxy) is 1. The number of halogens is 1. The van der Waals surface area contributed by atoms with Crippen LogP contribution in [0.25, 0.3) is 22.6 Å². The molecule has 0 unspecified atom stereocenters. The lowest BCUT2D eigenvalue weighted by Gasteiger charge is -2.28. The minimum atomic E-state index is 0.00253. The van der Waals surface area contributed by atoms with E-state index >= 15 is 0 Å². The van der Waals surface area contributed by atoms with Crippen LogP contribution in [-0.4, -0.2) is 35.9 Å². The molecule has 0 aliphatic carbocycles. The Morgan fingerprint density at radius 3 is 2.61 bits per heavy atom. The Morgan fingerprint density at radius 1 is 1.04 bits per heavy atom. The van der Waals surface area contributed by atoms with Gasteiger partial charge in [-0.3, -0.25) is 9.36 Å². The molecule has 0 N–H and O–H groups in total. The summed E-state index contributed by atoms with van der Waals surface area (Å²) >= 11 is 6.09. The largest absolute Gasteiger partial charge is 0.378 e. The van der Waals surface area contributed by atoms with Gasteiger partial charge >= 0.3 is 0 Å². The molecule has 0 bridgehead atoms. The van der Waals surface area contributed by atoms with Gasteiger partial charge in [0.15, 0.2) is 0 Å². The van der Waals surface area contributed by atoms with Gasteiger partial charge in [0.2, 0.25) is 0 Å². The van der Waals surface area contributed by atoms with Crippen molar-refractivity contribution in [2.45, 2.75) is 13.0 Å². The summed E-state index contributed by atoms with van der Waals surface area (Å²) in [5, 5.41) is 1.20. The van der Waals surface area contributed by atoms with E-state index in [1.807, 2.05) is 0 Å². The van der Waals surface area contributed by atoms with Crippen molar-refractivity contribution in [3.8, 4) is 0 Å². The molecule has 1 saturated heterocycles. The maximum absolute atomic E-state index is 12.8. The van der Waals surface area contributed by atoms with Gasteiger partial charge in [-0.1, -0.05) is 23.7 Å². The Balaban J connectivity index is 1.49. The van der Waals surface area contributed by atoms with Crippen molar-refractivity contribution >= 4 is 39.8 Å². The summed E-state index contributed by atoms with van der Waals surface area (Å²) in [7, 11) is 0. The van der Waals surface area contributed by atoms with Crippen LogP contribution >= 0.6 is 11.6 Å². The van der Waals surface area contributed by atoms with Crippen molar-refractivity contribution in [2.75, 3.05) is 31.2 Å². The van der Waals surface area contributed by atoms with Gasteiger partial charge in [0.25, 0.3) is 5.56 Å². The Bertz CT molecular complexity index is 1130. The van der Waals surface area contributed by atoms with E-state index in [2.05, 4.69) is 35.2 Å². The average Bonchev–Trinajstić information content (AvgIpc) is 3.12. The highest BCUT2D eigenvalue weighted by Gasteiger charge is 2.21. The van der Waals surface area contributed by atoms with E-state index < -0.39 is 0 Å². The number of morpholine rings is 1. The highest BCUT2D eigenvalue weighted by Crippen LogP contribution is 2.28. The normalized spacial score (nSPS) is 18.0. The first-order valence-corrected chi connectivity index (χ1v) is 9.91. The molecule has 6 heteroatoms. The second-order valence-corrected chi connectivity index (χ2v) is 7.60. The summed E-state index contributed by atoms with van der Waals surface area (Å²) in [5.74, 6) is 0.747. The third-order valence-electron chi connectivity index (χ3n) is 5.42. The van der Waals surface area contributed by atoms with Crippen molar-refractivity contribution in [1.82, 2.24) is 9.55 Å². The summed E-state index contributed by atoms with van der Waals surface area (Å²) in [6.45, 7) is 4.08. The molecule has 2 aliphatic heterocycles. The summed E-state index contributed by atoms with van der Waals surface area (Å²) in [4.78, 5) is 19.9. The van der Waals surface area contributed by atoms with Crippen molar-refractivity contribution < 1.29 is 4.74 Å². The molecule has 0 amide bonds. The van der Waals surface area contributed by atoms with Crippen LogP contribution in [0.5, 0.6) is 0 Å². The molecule has 28 heavy (non-hydrogen) atoms. The van der Waals surface area contributed by atoms with E-state index in [1.165, 1.54) is 5.69 Å². The fourth-order valence-corrected chi connectivity index (χ4v) is 4.10. The summed E-state index contributed by atoms with van der Waals surface area (Å²) < 4.78 is 7.19. The Morgan fingerprint density at radius 2 is 1.82 bits per heavy atom. The van der Waals surface area contributed by atoms with E-state index in [-0.39, 0.29) is 5.56 Å². The highest BCUT2D eigenvalue weighted by atomic mass is 35.5. The molecule has 142 valence electrons. The monoisotopic (exact) mass is 393 g/mol. The average molecular weight is 394 g/mol. The first-order valence-electron chi connectivity index (χ1n) is 9.53. The number of rotatable bonds is 2. The second kappa shape index (κ2) is 7.08. The van der Waals surface area contributed by atoms with Crippen LogP contribution in [0.15, 0.2) is 47.3 Å². The summed E-state index contributed by atoms with van der Waals surface area (Å²) in [5.41, 5.74) is 4.06. The van der Waals surface area contributed by atoms with E-state index in [0.717, 1.165) is 49.7 Å². The van der Waals surface area contributed by atoms with E-state index in [4.69, 9.17) is 21.3 Å². The van der Waals surface area contributed by atoms with Crippen LogP contribution < -0.4 is 10.5 Å². The van der Waals surface area contributed by atoms with Gasteiger partial charge in [-0.25, -0.2) is 4.98 Å². The molecule has 2 aromatic carbocycles. The Hall–Kier alpha value is -2.63. The first kappa shape index (κ1) is 17.5. The molecular formula is C22H20ClN3O2. The summed E-state index contributed by atoms with van der Waals surface area (Å²) in [6, 6.07) is 13.8. The maximum atomic E-state index is 12.8. The molecule has 5 nitrogen and oxygen atoms in total. The molecule has 3 aromatic rings. The van der Waals surface area contributed by atoms with Crippen molar-refractivity contribution in [1.29, 1.82) is 0 Å². The van der Waals surface area contributed by atoms with Crippen molar-refractivity contribution in [3.05, 3.63) is 69.2 Å². The minimum Gasteiger partial charge on any atom is -0.378 e. The molecule has 0 saturated carbocycles. The van der Waals surface area contributed by atoms with Crippen molar-refractivity contribution in [2.24, 2.45) is 0 Å². The number of benzene rings is 2. The van der Waals surface area contributed by atoms with Gasteiger partial charge in [-0.2, -0.15) is 0 Å². The van der Waals surface area contributed by atoms with Crippen molar-refractivity contribution in [3.63, 3.8) is 0 Å². The molecule has 0 spiro atoms. The van der Waals surface area contributed by atoms with Crippen LogP contribution in [-0.2, 0) is 11.3 Å². The maximum Gasteiger partial charge on any atom is 0.261 e. The van der Waals surface area contributed by atoms with Gasteiger partial charge in [-0.15, -0.1) is 0 Å². The predicted molar refractivity (Wildman–Crippen MR) is 113 cm³/mol. The highest BCUT2D eigenvalue weighted by molar-refractivity contribution is 6.31. The zero-order valence-electron chi connectivity index (χ0n) is 15.4. The van der Waals surface area contributed by atoms with E-state index in [1.54, 1.807) is 22.8 Å². The molecule has 1 fully saturated rings. The van der Waals surface area contributed by atoms with Gasteiger partial charge in [0, 0.05) is 30.3 Å². The predicted octanol–water partition coefficient (Wildman–Crippen LogP) is 3.83. The first-order chi connectivity index (χ1) is 13.7. The smallest absolute Gasteiger partial charge is 0.261 e. The minimum absolute atomic E-state index is 0.00253. The third-order valence-corrected chi connectivity index (χ3v) is 5.65. The SMILES string of the molecule is O=c1c2ccc(Cl)cc2nc2n1CC/C2=C/c1ccc(N2CCOCC2)cc1. The Kier molecular flexibility index (Phi) is 4.41. The van der Waals surface area contributed by atoms with E-state index in [0.29, 0.717) is 22.5 Å². The fraction of sp³-hybridized carbons (Fsp3) is 0.273. The van der Waals surface area contributed by atoms with Crippen LogP contribution in [0, 0.1) is 0 Å². The van der Waals surface area contributed by atoms with Gasteiger partial charge in [0.05, 0.1) is 24.1 Å².